The van der Waals surface area contributed by atoms with Gasteiger partial charge in [0, 0.05) is 16.8 Å². The Morgan fingerprint density at radius 3 is 2.19 bits per heavy atom. The fourth-order valence-corrected chi connectivity index (χ4v) is 2.45. The van der Waals surface area contributed by atoms with Crippen molar-refractivity contribution in [3.05, 3.63) is 35.4 Å². The van der Waals surface area contributed by atoms with Gasteiger partial charge in [-0.1, -0.05) is 62.6 Å². The van der Waals surface area contributed by atoms with Gasteiger partial charge in [-0.05, 0) is 12.8 Å². The van der Waals surface area contributed by atoms with Crippen LogP contribution < -0.4 is 9.47 Å². The van der Waals surface area contributed by atoms with Crippen LogP contribution in [0.3, 0.4) is 0 Å². The van der Waals surface area contributed by atoms with Gasteiger partial charge in [0.2, 0.25) is 0 Å². The fourth-order valence-electron chi connectivity index (χ4n) is 2.19. The first-order valence-corrected chi connectivity index (χ1v) is 8.12. The van der Waals surface area contributed by atoms with Crippen molar-refractivity contribution in [2.45, 2.75) is 39.5 Å². The van der Waals surface area contributed by atoms with E-state index in [2.05, 4.69) is 19.9 Å². The fraction of sp³-hybridized carbons (Fsp3) is 0.444. The number of halogens is 1. The van der Waals surface area contributed by atoms with E-state index in [4.69, 9.17) is 21.1 Å². The second-order valence-corrected chi connectivity index (χ2v) is 5.54. The maximum atomic E-state index is 6.40. The lowest BCUT2D eigenvalue weighted by molar-refractivity contribution is 0.306. The van der Waals surface area contributed by atoms with Gasteiger partial charge in [-0.3, -0.25) is 0 Å². The molecular weight excluding hydrogens is 284 g/mol. The first-order valence-electron chi connectivity index (χ1n) is 7.74. The molecule has 0 aliphatic carbocycles. The molecule has 0 fully saturated rings. The van der Waals surface area contributed by atoms with Gasteiger partial charge in [-0.15, -0.1) is 0 Å². The molecule has 2 rings (SSSR count). The van der Waals surface area contributed by atoms with Crippen molar-refractivity contribution in [1.29, 1.82) is 0 Å². The summed E-state index contributed by atoms with van der Waals surface area (Å²) in [7, 11) is 0. The summed E-state index contributed by atoms with van der Waals surface area (Å²) >= 11 is 6.40. The SMILES string of the molecule is CCCCOc1cc(Cl)c(OCCCC)c2ccccc12. The molecule has 0 aliphatic rings. The van der Waals surface area contributed by atoms with E-state index in [9.17, 15) is 0 Å². The molecule has 0 amide bonds. The average molecular weight is 307 g/mol. The van der Waals surface area contributed by atoms with Gasteiger partial charge in [0.1, 0.15) is 11.5 Å². The first-order chi connectivity index (χ1) is 10.3. The van der Waals surface area contributed by atoms with Gasteiger partial charge in [0.25, 0.3) is 0 Å². The Hall–Kier alpha value is -1.41. The molecule has 0 heterocycles. The molecule has 0 atom stereocenters. The highest BCUT2D eigenvalue weighted by Gasteiger charge is 2.12. The zero-order chi connectivity index (χ0) is 15.1. The third-order valence-electron chi connectivity index (χ3n) is 3.41. The Bertz CT molecular complexity index is 581. The van der Waals surface area contributed by atoms with E-state index >= 15 is 0 Å². The molecule has 2 aromatic carbocycles. The summed E-state index contributed by atoms with van der Waals surface area (Å²) in [5, 5.41) is 2.70. The highest BCUT2D eigenvalue weighted by atomic mass is 35.5. The van der Waals surface area contributed by atoms with Crippen LogP contribution >= 0.6 is 11.6 Å². The van der Waals surface area contributed by atoms with Crippen molar-refractivity contribution < 1.29 is 9.47 Å². The maximum absolute atomic E-state index is 6.40. The van der Waals surface area contributed by atoms with Crippen molar-refractivity contribution in [1.82, 2.24) is 0 Å². The zero-order valence-corrected chi connectivity index (χ0v) is 13.6. The van der Waals surface area contributed by atoms with Crippen LogP contribution in [-0.4, -0.2) is 13.2 Å². The second-order valence-electron chi connectivity index (χ2n) is 5.14. The summed E-state index contributed by atoms with van der Waals surface area (Å²) in [5.41, 5.74) is 0. The standard InChI is InChI=1S/C18H23ClO2/c1-3-5-11-20-17-13-16(19)18(21-12-6-4-2)15-10-8-7-9-14(15)17/h7-10,13H,3-6,11-12H2,1-2H3. The lowest BCUT2D eigenvalue weighted by Gasteiger charge is -2.15. The summed E-state index contributed by atoms with van der Waals surface area (Å²) in [6.07, 6.45) is 4.29. The molecule has 3 heteroatoms. The highest BCUT2D eigenvalue weighted by molar-refractivity contribution is 6.33. The molecule has 0 spiro atoms. The summed E-state index contributed by atoms with van der Waals surface area (Å²) in [4.78, 5) is 0. The van der Waals surface area contributed by atoms with E-state index in [1.807, 2.05) is 24.3 Å². The monoisotopic (exact) mass is 306 g/mol. The first kappa shape index (κ1) is 16.0. The molecule has 2 nitrogen and oxygen atoms in total. The van der Waals surface area contributed by atoms with E-state index in [1.165, 1.54) is 0 Å². The molecule has 114 valence electrons. The van der Waals surface area contributed by atoms with Gasteiger partial charge in [-0.2, -0.15) is 0 Å². The largest absolute Gasteiger partial charge is 0.493 e. The van der Waals surface area contributed by atoms with Crippen molar-refractivity contribution in [3.63, 3.8) is 0 Å². The number of benzene rings is 2. The lowest BCUT2D eigenvalue weighted by atomic mass is 10.1. The van der Waals surface area contributed by atoms with E-state index in [0.29, 0.717) is 18.2 Å². The van der Waals surface area contributed by atoms with Crippen LogP contribution in [0.5, 0.6) is 11.5 Å². The number of rotatable bonds is 8. The molecule has 0 bridgehead atoms. The van der Waals surface area contributed by atoms with Crippen molar-refractivity contribution >= 4 is 22.4 Å². The van der Waals surface area contributed by atoms with E-state index in [0.717, 1.165) is 48.0 Å². The Morgan fingerprint density at radius 1 is 0.905 bits per heavy atom. The minimum atomic E-state index is 0.622. The molecule has 0 N–H and O–H groups in total. The van der Waals surface area contributed by atoms with Gasteiger partial charge in [-0.25, -0.2) is 0 Å². The van der Waals surface area contributed by atoms with Crippen LogP contribution in [0.2, 0.25) is 5.02 Å². The lowest BCUT2D eigenvalue weighted by Crippen LogP contribution is -2.01. The summed E-state index contributed by atoms with van der Waals surface area (Å²) in [6, 6.07) is 9.98. The average Bonchev–Trinajstić information content (AvgIpc) is 2.50. The highest BCUT2D eigenvalue weighted by Crippen LogP contribution is 2.39. The van der Waals surface area contributed by atoms with E-state index in [1.54, 1.807) is 0 Å². The quantitative estimate of drug-likeness (QED) is 0.569. The van der Waals surface area contributed by atoms with Gasteiger partial charge >= 0.3 is 0 Å². The molecule has 2 aromatic rings. The maximum Gasteiger partial charge on any atom is 0.145 e. The topological polar surface area (TPSA) is 18.5 Å². The Balaban J connectivity index is 2.33. The number of fused-ring (bicyclic) bond motifs is 1. The zero-order valence-electron chi connectivity index (χ0n) is 12.8. The third kappa shape index (κ3) is 4.04. The van der Waals surface area contributed by atoms with Crippen molar-refractivity contribution in [2.24, 2.45) is 0 Å². The molecule has 0 saturated heterocycles. The summed E-state index contributed by atoms with van der Waals surface area (Å²) in [6.45, 7) is 5.70. The molecule has 0 unspecified atom stereocenters. The number of unbranched alkanes of at least 4 members (excludes halogenated alkanes) is 2. The Kier molecular flexibility index (Phi) is 6.19. The molecular formula is C18H23ClO2. The Morgan fingerprint density at radius 2 is 1.52 bits per heavy atom. The summed E-state index contributed by atoms with van der Waals surface area (Å²) < 4.78 is 11.8. The normalized spacial score (nSPS) is 10.8. The van der Waals surface area contributed by atoms with Gasteiger partial charge < -0.3 is 9.47 Å². The Labute approximate surface area is 132 Å². The van der Waals surface area contributed by atoms with E-state index in [-0.39, 0.29) is 0 Å². The number of hydrogen-bond donors (Lipinski definition) is 0. The number of ether oxygens (including phenoxy) is 2. The molecule has 0 aromatic heterocycles. The van der Waals surface area contributed by atoms with Crippen molar-refractivity contribution in [3.8, 4) is 11.5 Å². The van der Waals surface area contributed by atoms with Crippen LogP contribution in [0, 0.1) is 0 Å². The smallest absolute Gasteiger partial charge is 0.145 e. The van der Waals surface area contributed by atoms with E-state index < -0.39 is 0 Å². The minimum Gasteiger partial charge on any atom is -0.493 e. The molecule has 0 radical (unpaired) electrons. The van der Waals surface area contributed by atoms with Crippen LogP contribution in [-0.2, 0) is 0 Å². The molecule has 0 aliphatic heterocycles. The summed E-state index contributed by atoms with van der Waals surface area (Å²) in [5.74, 6) is 1.61. The van der Waals surface area contributed by atoms with Crippen LogP contribution in [0.4, 0.5) is 0 Å². The van der Waals surface area contributed by atoms with Gasteiger partial charge in [0.15, 0.2) is 0 Å². The van der Waals surface area contributed by atoms with Crippen molar-refractivity contribution in [2.75, 3.05) is 13.2 Å². The number of hydrogen-bond acceptors (Lipinski definition) is 2. The van der Waals surface area contributed by atoms with Crippen LogP contribution in [0.25, 0.3) is 10.8 Å². The second kappa shape index (κ2) is 8.14. The minimum absolute atomic E-state index is 0.622. The van der Waals surface area contributed by atoms with Gasteiger partial charge in [0.05, 0.1) is 18.2 Å². The third-order valence-corrected chi connectivity index (χ3v) is 3.69. The van der Waals surface area contributed by atoms with Crippen LogP contribution in [0.1, 0.15) is 39.5 Å². The molecule has 21 heavy (non-hydrogen) atoms. The van der Waals surface area contributed by atoms with Crippen LogP contribution in [0.15, 0.2) is 30.3 Å². The predicted octanol–water partition coefficient (Wildman–Crippen LogP) is 5.85. The predicted molar refractivity (Wildman–Crippen MR) is 89.8 cm³/mol. The molecule has 0 saturated carbocycles.